The molecule has 1 fully saturated rings. The molecule has 0 aliphatic heterocycles. The van der Waals surface area contributed by atoms with Crippen LogP contribution in [0.2, 0.25) is 0 Å². The SMILES string of the molecule is CCCNC(Cc1cccc(F)c1F)C1CC1(C)C. The summed E-state index contributed by atoms with van der Waals surface area (Å²) in [5.74, 6) is -0.882. The molecule has 2 atom stereocenters. The van der Waals surface area contributed by atoms with Gasteiger partial charge in [0.2, 0.25) is 0 Å². The van der Waals surface area contributed by atoms with Gasteiger partial charge in [-0.1, -0.05) is 32.9 Å². The van der Waals surface area contributed by atoms with Crippen LogP contribution in [-0.2, 0) is 6.42 Å². The molecule has 2 unspecified atom stereocenters. The molecule has 0 heterocycles. The molecule has 0 bridgehead atoms. The largest absolute Gasteiger partial charge is 0.313 e. The number of hydrogen-bond acceptors (Lipinski definition) is 1. The molecule has 1 aliphatic carbocycles. The van der Waals surface area contributed by atoms with Gasteiger partial charge in [0.15, 0.2) is 11.6 Å². The van der Waals surface area contributed by atoms with E-state index in [9.17, 15) is 8.78 Å². The predicted molar refractivity (Wildman–Crippen MR) is 74.0 cm³/mol. The Bertz CT molecular complexity index is 442. The van der Waals surface area contributed by atoms with Crippen LogP contribution in [0, 0.1) is 23.0 Å². The van der Waals surface area contributed by atoms with Gasteiger partial charge in [-0.25, -0.2) is 8.78 Å². The van der Waals surface area contributed by atoms with E-state index in [2.05, 4.69) is 26.1 Å². The molecule has 0 saturated heterocycles. The van der Waals surface area contributed by atoms with Crippen molar-refractivity contribution in [1.82, 2.24) is 5.32 Å². The molecule has 19 heavy (non-hydrogen) atoms. The lowest BCUT2D eigenvalue weighted by Crippen LogP contribution is -2.35. The monoisotopic (exact) mass is 267 g/mol. The van der Waals surface area contributed by atoms with Crippen molar-refractivity contribution >= 4 is 0 Å². The lowest BCUT2D eigenvalue weighted by atomic mass is 9.96. The first-order valence-corrected chi connectivity index (χ1v) is 7.12. The highest BCUT2D eigenvalue weighted by Crippen LogP contribution is 2.54. The van der Waals surface area contributed by atoms with Crippen LogP contribution < -0.4 is 5.32 Å². The smallest absolute Gasteiger partial charge is 0.162 e. The fraction of sp³-hybridized carbons (Fsp3) is 0.625. The fourth-order valence-electron chi connectivity index (χ4n) is 2.82. The molecule has 0 aromatic heterocycles. The Morgan fingerprint density at radius 3 is 2.63 bits per heavy atom. The second-order valence-electron chi connectivity index (χ2n) is 6.28. The Hall–Kier alpha value is -0.960. The van der Waals surface area contributed by atoms with Crippen molar-refractivity contribution in [2.45, 2.75) is 46.1 Å². The van der Waals surface area contributed by atoms with E-state index in [1.54, 1.807) is 12.1 Å². The standard InChI is InChI=1S/C16H23F2N/c1-4-8-19-14(12-10-16(12,2)3)9-11-6-5-7-13(17)15(11)18/h5-7,12,14,19H,4,8-10H2,1-3H3. The molecule has 0 radical (unpaired) electrons. The summed E-state index contributed by atoms with van der Waals surface area (Å²) in [5.41, 5.74) is 0.811. The highest BCUT2D eigenvalue weighted by molar-refractivity contribution is 5.21. The minimum atomic E-state index is -0.748. The van der Waals surface area contributed by atoms with Crippen molar-refractivity contribution in [3.05, 3.63) is 35.4 Å². The number of hydrogen-bond donors (Lipinski definition) is 1. The van der Waals surface area contributed by atoms with Crippen LogP contribution in [0.4, 0.5) is 8.78 Å². The van der Waals surface area contributed by atoms with E-state index in [4.69, 9.17) is 0 Å². The van der Waals surface area contributed by atoms with E-state index >= 15 is 0 Å². The molecule has 1 aliphatic rings. The molecule has 1 nitrogen and oxygen atoms in total. The summed E-state index contributed by atoms with van der Waals surface area (Å²) in [6, 6.07) is 4.69. The van der Waals surface area contributed by atoms with Crippen molar-refractivity contribution < 1.29 is 8.78 Å². The van der Waals surface area contributed by atoms with Crippen molar-refractivity contribution in [3.63, 3.8) is 0 Å². The van der Waals surface area contributed by atoms with E-state index in [1.807, 2.05) is 0 Å². The molecule has 2 rings (SSSR count). The van der Waals surface area contributed by atoms with Crippen molar-refractivity contribution in [2.75, 3.05) is 6.54 Å². The van der Waals surface area contributed by atoms with Gasteiger partial charge in [0.05, 0.1) is 0 Å². The van der Waals surface area contributed by atoms with Crippen LogP contribution in [0.5, 0.6) is 0 Å². The number of halogens is 2. The zero-order chi connectivity index (χ0) is 14.0. The zero-order valence-electron chi connectivity index (χ0n) is 12.0. The Morgan fingerprint density at radius 1 is 1.37 bits per heavy atom. The van der Waals surface area contributed by atoms with Crippen LogP contribution in [0.3, 0.4) is 0 Å². The van der Waals surface area contributed by atoms with Gasteiger partial charge in [-0.15, -0.1) is 0 Å². The molecular weight excluding hydrogens is 244 g/mol. The van der Waals surface area contributed by atoms with Gasteiger partial charge in [0.25, 0.3) is 0 Å². The highest BCUT2D eigenvalue weighted by Gasteiger charge is 2.49. The molecule has 106 valence electrons. The molecule has 1 aromatic rings. The fourth-order valence-corrected chi connectivity index (χ4v) is 2.82. The third kappa shape index (κ3) is 3.33. The topological polar surface area (TPSA) is 12.0 Å². The quantitative estimate of drug-likeness (QED) is 0.823. The third-order valence-corrected chi connectivity index (χ3v) is 4.20. The van der Waals surface area contributed by atoms with Crippen LogP contribution in [0.1, 0.15) is 39.2 Å². The number of rotatable bonds is 6. The lowest BCUT2D eigenvalue weighted by Gasteiger charge is -2.20. The molecule has 1 aromatic carbocycles. The van der Waals surface area contributed by atoms with Crippen LogP contribution in [-0.4, -0.2) is 12.6 Å². The Morgan fingerprint density at radius 2 is 2.05 bits per heavy atom. The third-order valence-electron chi connectivity index (χ3n) is 4.20. The second-order valence-corrected chi connectivity index (χ2v) is 6.28. The minimum absolute atomic E-state index is 0.242. The summed E-state index contributed by atoms with van der Waals surface area (Å²) in [7, 11) is 0. The molecule has 3 heteroatoms. The Labute approximate surface area is 114 Å². The maximum atomic E-state index is 13.8. The summed E-state index contributed by atoms with van der Waals surface area (Å²) < 4.78 is 27.0. The van der Waals surface area contributed by atoms with E-state index in [0.29, 0.717) is 23.3 Å². The normalized spacial score (nSPS) is 22.3. The molecule has 1 saturated carbocycles. The number of benzene rings is 1. The molecule has 1 N–H and O–H groups in total. The van der Waals surface area contributed by atoms with Crippen molar-refractivity contribution in [2.24, 2.45) is 11.3 Å². The summed E-state index contributed by atoms with van der Waals surface area (Å²) in [5, 5.41) is 3.49. The van der Waals surface area contributed by atoms with Gasteiger partial charge >= 0.3 is 0 Å². The second kappa shape index (κ2) is 5.58. The first-order valence-electron chi connectivity index (χ1n) is 7.12. The maximum Gasteiger partial charge on any atom is 0.162 e. The van der Waals surface area contributed by atoms with Crippen LogP contribution in [0.15, 0.2) is 18.2 Å². The van der Waals surface area contributed by atoms with Crippen molar-refractivity contribution in [3.8, 4) is 0 Å². The first-order chi connectivity index (χ1) is 8.95. The summed E-state index contributed by atoms with van der Waals surface area (Å²) in [6.07, 6.45) is 2.78. The van der Waals surface area contributed by atoms with E-state index in [-0.39, 0.29) is 6.04 Å². The minimum Gasteiger partial charge on any atom is -0.313 e. The lowest BCUT2D eigenvalue weighted by molar-refractivity contribution is 0.394. The van der Waals surface area contributed by atoms with Gasteiger partial charge < -0.3 is 5.32 Å². The van der Waals surface area contributed by atoms with Gasteiger partial charge in [-0.3, -0.25) is 0 Å². The summed E-state index contributed by atoms with van der Waals surface area (Å²) in [4.78, 5) is 0. The maximum absolute atomic E-state index is 13.8. The van der Waals surface area contributed by atoms with Crippen LogP contribution >= 0.6 is 0 Å². The van der Waals surface area contributed by atoms with Crippen molar-refractivity contribution in [1.29, 1.82) is 0 Å². The number of nitrogens with one attached hydrogen (secondary N) is 1. The Balaban J connectivity index is 2.09. The van der Waals surface area contributed by atoms with Gasteiger partial charge in [0.1, 0.15) is 0 Å². The van der Waals surface area contributed by atoms with Gasteiger partial charge in [0, 0.05) is 6.04 Å². The predicted octanol–water partition coefficient (Wildman–Crippen LogP) is 3.92. The van der Waals surface area contributed by atoms with E-state index in [0.717, 1.165) is 19.4 Å². The van der Waals surface area contributed by atoms with Gasteiger partial charge in [-0.2, -0.15) is 0 Å². The molecule has 0 amide bonds. The molecular formula is C16H23F2N. The molecule has 0 spiro atoms. The zero-order valence-corrected chi connectivity index (χ0v) is 12.0. The average molecular weight is 267 g/mol. The van der Waals surface area contributed by atoms with Gasteiger partial charge in [-0.05, 0) is 48.8 Å². The van der Waals surface area contributed by atoms with Crippen LogP contribution in [0.25, 0.3) is 0 Å². The first kappa shape index (κ1) is 14.4. The highest BCUT2D eigenvalue weighted by atomic mass is 19.2. The van der Waals surface area contributed by atoms with E-state index in [1.165, 1.54) is 6.07 Å². The Kier molecular flexibility index (Phi) is 4.24. The average Bonchev–Trinajstić information content (AvgIpc) is 2.99. The van der Waals surface area contributed by atoms with E-state index < -0.39 is 11.6 Å². The summed E-state index contributed by atoms with van der Waals surface area (Å²) in [6.45, 7) is 7.51. The summed E-state index contributed by atoms with van der Waals surface area (Å²) >= 11 is 0.